The van der Waals surface area contributed by atoms with Crippen molar-refractivity contribution in [1.29, 1.82) is 0 Å². The van der Waals surface area contributed by atoms with Crippen LogP contribution in [-0.2, 0) is 17.8 Å². The fraction of sp³-hybridized carbons (Fsp3) is 0.522. The Kier molecular flexibility index (Phi) is 4.97. The minimum absolute atomic E-state index is 0.00222. The molecular formula is C23H29N3O. The fourth-order valence-electron chi connectivity index (χ4n) is 4.35. The first-order chi connectivity index (χ1) is 13.1. The summed E-state index contributed by atoms with van der Waals surface area (Å²) in [5.41, 5.74) is 3.92. The van der Waals surface area contributed by atoms with Gasteiger partial charge in [-0.25, -0.2) is 0 Å². The van der Waals surface area contributed by atoms with E-state index in [9.17, 15) is 4.79 Å². The number of hydrogen-bond donors (Lipinski definition) is 2. The van der Waals surface area contributed by atoms with E-state index in [-0.39, 0.29) is 24.5 Å². The van der Waals surface area contributed by atoms with Gasteiger partial charge in [-0.3, -0.25) is 10.1 Å². The quantitative estimate of drug-likeness (QED) is 0.773. The monoisotopic (exact) mass is 363 g/mol. The van der Waals surface area contributed by atoms with Gasteiger partial charge in [0.1, 0.15) is 0 Å². The maximum Gasteiger partial charge on any atom is 0.238 e. The van der Waals surface area contributed by atoms with Crippen LogP contribution in [0.25, 0.3) is 10.9 Å². The molecule has 2 heterocycles. The second-order valence-electron chi connectivity index (χ2n) is 8.52. The van der Waals surface area contributed by atoms with Crippen LogP contribution in [0.15, 0.2) is 24.4 Å². The summed E-state index contributed by atoms with van der Waals surface area (Å²) in [7, 11) is 0. The first-order valence-corrected chi connectivity index (χ1v) is 10.1. The number of nitrogens with zero attached hydrogens (tertiary/aromatic N) is 1. The van der Waals surface area contributed by atoms with Crippen LogP contribution >= 0.6 is 0 Å². The van der Waals surface area contributed by atoms with E-state index in [1.54, 1.807) is 0 Å². The Morgan fingerprint density at radius 1 is 1.41 bits per heavy atom. The molecule has 0 spiro atoms. The van der Waals surface area contributed by atoms with E-state index in [0.29, 0.717) is 12.3 Å². The van der Waals surface area contributed by atoms with E-state index in [2.05, 4.69) is 59.4 Å². The second kappa shape index (κ2) is 7.40. The molecule has 2 aromatic rings. The van der Waals surface area contributed by atoms with Crippen LogP contribution in [0.3, 0.4) is 0 Å². The molecule has 27 heavy (non-hydrogen) atoms. The van der Waals surface area contributed by atoms with Crippen molar-refractivity contribution in [3.8, 4) is 12.3 Å². The van der Waals surface area contributed by atoms with Gasteiger partial charge < -0.3 is 9.88 Å². The Morgan fingerprint density at radius 3 is 2.93 bits per heavy atom. The van der Waals surface area contributed by atoms with Crippen LogP contribution in [0.4, 0.5) is 0 Å². The van der Waals surface area contributed by atoms with Gasteiger partial charge in [-0.05, 0) is 54.7 Å². The molecule has 2 N–H and O–H groups in total. The predicted octanol–water partition coefficient (Wildman–Crippen LogP) is 3.40. The zero-order chi connectivity index (χ0) is 19.0. The molecule has 4 heteroatoms. The van der Waals surface area contributed by atoms with Gasteiger partial charge in [0, 0.05) is 29.7 Å². The molecular weight excluding hydrogens is 334 g/mol. The van der Waals surface area contributed by atoms with Crippen LogP contribution in [0.1, 0.15) is 50.3 Å². The molecule has 142 valence electrons. The SMILES string of the molecule is C#CCNC(=O)[C@@H]1Cc2cn(CC3CC3)c3cccc(c23)[C@H](CC(C)C)N1. The Morgan fingerprint density at radius 2 is 2.22 bits per heavy atom. The van der Waals surface area contributed by atoms with Crippen molar-refractivity contribution in [2.45, 2.75) is 58.2 Å². The predicted molar refractivity (Wildman–Crippen MR) is 109 cm³/mol. The Labute approximate surface area is 161 Å². The molecule has 0 saturated heterocycles. The molecule has 4 nitrogen and oxygen atoms in total. The van der Waals surface area contributed by atoms with Crippen LogP contribution < -0.4 is 10.6 Å². The van der Waals surface area contributed by atoms with Crippen LogP contribution in [0, 0.1) is 24.2 Å². The van der Waals surface area contributed by atoms with Gasteiger partial charge in [0.05, 0.1) is 12.6 Å². The molecule has 1 amide bonds. The molecule has 0 bridgehead atoms. The number of rotatable bonds is 6. The number of aromatic nitrogens is 1. The van der Waals surface area contributed by atoms with Gasteiger partial charge in [0.2, 0.25) is 5.91 Å². The van der Waals surface area contributed by atoms with Crippen LogP contribution in [-0.4, -0.2) is 23.1 Å². The molecule has 1 aliphatic heterocycles. The summed E-state index contributed by atoms with van der Waals surface area (Å²) in [6, 6.07) is 6.55. The Bertz CT molecular complexity index is 885. The third-order valence-electron chi connectivity index (χ3n) is 5.76. The topological polar surface area (TPSA) is 46.1 Å². The van der Waals surface area contributed by atoms with E-state index in [0.717, 1.165) is 18.9 Å². The zero-order valence-corrected chi connectivity index (χ0v) is 16.3. The van der Waals surface area contributed by atoms with Crippen LogP contribution in [0.2, 0.25) is 0 Å². The van der Waals surface area contributed by atoms with Crippen molar-refractivity contribution < 1.29 is 4.79 Å². The van der Waals surface area contributed by atoms with Crippen molar-refractivity contribution in [2.75, 3.05) is 6.54 Å². The maximum absolute atomic E-state index is 12.7. The minimum Gasteiger partial charge on any atom is -0.347 e. The molecule has 2 aliphatic rings. The molecule has 1 aromatic heterocycles. The molecule has 0 radical (unpaired) electrons. The number of carbonyl (C=O) groups excluding carboxylic acids is 1. The molecule has 0 unspecified atom stereocenters. The minimum atomic E-state index is -0.255. The van der Waals surface area contributed by atoms with Crippen molar-refractivity contribution in [3.05, 3.63) is 35.5 Å². The first kappa shape index (κ1) is 18.1. The number of benzene rings is 1. The van der Waals surface area contributed by atoms with E-state index in [4.69, 9.17) is 6.42 Å². The fourth-order valence-corrected chi connectivity index (χ4v) is 4.35. The largest absolute Gasteiger partial charge is 0.347 e. The average Bonchev–Trinajstić information content (AvgIpc) is 3.41. The summed E-state index contributed by atoms with van der Waals surface area (Å²) < 4.78 is 2.42. The summed E-state index contributed by atoms with van der Waals surface area (Å²) >= 11 is 0. The molecule has 1 saturated carbocycles. The number of terminal acetylenes is 1. The molecule has 2 atom stereocenters. The summed E-state index contributed by atoms with van der Waals surface area (Å²) in [4.78, 5) is 12.7. The smallest absolute Gasteiger partial charge is 0.238 e. The Hall–Kier alpha value is -2.25. The summed E-state index contributed by atoms with van der Waals surface area (Å²) in [6.45, 7) is 5.84. The van der Waals surface area contributed by atoms with Crippen molar-refractivity contribution in [3.63, 3.8) is 0 Å². The third kappa shape index (κ3) is 3.75. The molecule has 1 fully saturated rings. The number of carbonyl (C=O) groups is 1. The van der Waals surface area contributed by atoms with E-state index >= 15 is 0 Å². The van der Waals surface area contributed by atoms with Gasteiger partial charge in [0.15, 0.2) is 0 Å². The summed E-state index contributed by atoms with van der Waals surface area (Å²) in [5, 5.41) is 7.85. The maximum atomic E-state index is 12.7. The highest BCUT2D eigenvalue weighted by Crippen LogP contribution is 2.38. The zero-order valence-electron chi connectivity index (χ0n) is 16.3. The molecule has 1 aromatic carbocycles. The first-order valence-electron chi connectivity index (χ1n) is 10.1. The standard InChI is InChI=1S/C23H29N3O/c1-4-10-24-23(27)20-12-17-14-26(13-16-8-9-16)21-7-5-6-18(22(17)21)19(25-20)11-15(2)3/h1,5-7,14-16,19-20,25H,8-13H2,2-3H3,(H,24,27)/t19-,20-/m0/s1. The third-order valence-corrected chi connectivity index (χ3v) is 5.76. The normalized spacial score (nSPS) is 21.9. The molecule has 4 rings (SSSR count). The van der Waals surface area contributed by atoms with Gasteiger partial charge >= 0.3 is 0 Å². The number of amides is 1. The summed E-state index contributed by atoms with van der Waals surface area (Å²) in [5.74, 6) is 3.86. The van der Waals surface area contributed by atoms with Gasteiger partial charge in [0.25, 0.3) is 0 Å². The second-order valence-corrected chi connectivity index (χ2v) is 8.52. The molecule has 1 aliphatic carbocycles. The Balaban J connectivity index is 1.75. The summed E-state index contributed by atoms with van der Waals surface area (Å²) in [6.07, 6.45) is 12.0. The lowest BCUT2D eigenvalue weighted by atomic mass is 9.94. The van der Waals surface area contributed by atoms with Crippen molar-refractivity contribution in [2.24, 2.45) is 11.8 Å². The number of nitrogens with one attached hydrogen (secondary N) is 2. The van der Waals surface area contributed by atoms with E-state index in [1.165, 1.54) is 34.9 Å². The van der Waals surface area contributed by atoms with Crippen molar-refractivity contribution in [1.82, 2.24) is 15.2 Å². The lowest BCUT2D eigenvalue weighted by Gasteiger charge is -2.25. The van der Waals surface area contributed by atoms with E-state index in [1.807, 2.05) is 0 Å². The lowest BCUT2D eigenvalue weighted by Crippen LogP contribution is -2.46. The highest BCUT2D eigenvalue weighted by molar-refractivity contribution is 5.90. The lowest BCUT2D eigenvalue weighted by molar-refractivity contribution is -0.123. The van der Waals surface area contributed by atoms with E-state index < -0.39 is 0 Å². The van der Waals surface area contributed by atoms with Crippen LogP contribution in [0.5, 0.6) is 0 Å². The van der Waals surface area contributed by atoms with Gasteiger partial charge in [-0.1, -0.05) is 31.9 Å². The highest BCUT2D eigenvalue weighted by Gasteiger charge is 2.31. The number of hydrogen-bond acceptors (Lipinski definition) is 2. The van der Waals surface area contributed by atoms with Crippen molar-refractivity contribution >= 4 is 16.8 Å². The average molecular weight is 364 g/mol. The van der Waals surface area contributed by atoms with Gasteiger partial charge in [-0.15, -0.1) is 6.42 Å². The highest BCUT2D eigenvalue weighted by atomic mass is 16.2. The van der Waals surface area contributed by atoms with Gasteiger partial charge in [-0.2, -0.15) is 0 Å².